The minimum absolute atomic E-state index is 0.0254. The second-order valence-corrected chi connectivity index (χ2v) is 4.92. The highest BCUT2D eigenvalue weighted by Gasteiger charge is 2.12. The van der Waals surface area contributed by atoms with Gasteiger partial charge in [-0.2, -0.15) is 0 Å². The zero-order valence-corrected chi connectivity index (χ0v) is 10.7. The van der Waals surface area contributed by atoms with Crippen molar-refractivity contribution in [2.75, 3.05) is 6.54 Å². The number of carboxylic acids is 1. The number of carboxylic acid groups (broad SMARTS) is 1. The van der Waals surface area contributed by atoms with Crippen LogP contribution in [0.15, 0.2) is 6.20 Å². The lowest BCUT2D eigenvalue weighted by Gasteiger charge is -2.08. The summed E-state index contributed by atoms with van der Waals surface area (Å²) >= 11 is 1.49. The predicted molar refractivity (Wildman–Crippen MR) is 65.3 cm³/mol. The number of aromatic nitrogens is 1. The van der Waals surface area contributed by atoms with Gasteiger partial charge in [0.1, 0.15) is 0 Å². The normalized spacial score (nSPS) is 11.9. The Bertz CT molecular complexity index is 421. The van der Waals surface area contributed by atoms with Crippen LogP contribution < -0.4 is 10.6 Å². The highest BCUT2D eigenvalue weighted by molar-refractivity contribution is 7.11. The van der Waals surface area contributed by atoms with E-state index in [0.717, 1.165) is 9.88 Å². The number of nitrogens with one attached hydrogen (secondary N) is 2. The second kappa shape index (κ2) is 6.92. The van der Waals surface area contributed by atoms with Crippen molar-refractivity contribution in [3.8, 4) is 0 Å². The molecular formula is C10H15N3O4S. The van der Waals surface area contributed by atoms with Gasteiger partial charge in [-0.3, -0.25) is 0 Å². The van der Waals surface area contributed by atoms with Crippen LogP contribution in [0.5, 0.6) is 0 Å². The maximum absolute atomic E-state index is 11.3. The minimum atomic E-state index is -1.45. The quantitative estimate of drug-likeness (QED) is 0.587. The van der Waals surface area contributed by atoms with Crippen molar-refractivity contribution in [1.29, 1.82) is 0 Å². The molecular weight excluding hydrogens is 258 g/mol. The Balaban J connectivity index is 2.16. The van der Waals surface area contributed by atoms with Gasteiger partial charge < -0.3 is 20.8 Å². The number of aliphatic carboxylic acids is 1. The van der Waals surface area contributed by atoms with Crippen LogP contribution in [-0.2, 0) is 11.3 Å². The van der Waals surface area contributed by atoms with E-state index in [-0.39, 0.29) is 13.0 Å². The third-order valence-corrected chi connectivity index (χ3v) is 2.99. The van der Waals surface area contributed by atoms with Crippen LogP contribution in [0.25, 0.3) is 0 Å². The first kappa shape index (κ1) is 14.4. The molecule has 0 aliphatic heterocycles. The van der Waals surface area contributed by atoms with Crippen molar-refractivity contribution < 1.29 is 19.8 Å². The summed E-state index contributed by atoms with van der Waals surface area (Å²) in [6.07, 6.45) is 0.214. The van der Waals surface area contributed by atoms with Gasteiger partial charge in [-0.25, -0.2) is 14.6 Å². The molecule has 0 saturated carbocycles. The fourth-order valence-corrected chi connectivity index (χ4v) is 1.90. The Hall–Kier alpha value is -1.67. The number of hydrogen-bond acceptors (Lipinski definition) is 5. The van der Waals surface area contributed by atoms with Gasteiger partial charge in [-0.1, -0.05) is 0 Å². The summed E-state index contributed by atoms with van der Waals surface area (Å²) < 4.78 is 0. The monoisotopic (exact) mass is 273 g/mol. The fraction of sp³-hybridized carbons (Fsp3) is 0.500. The molecule has 0 bridgehead atoms. The van der Waals surface area contributed by atoms with Gasteiger partial charge in [0.25, 0.3) is 0 Å². The summed E-state index contributed by atoms with van der Waals surface area (Å²) in [5.41, 5.74) is 0. The molecule has 1 aromatic heterocycles. The van der Waals surface area contributed by atoms with Crippen molar-refractivity contribution in [2.45, 2.75) is 26.0 Å². The molecule has 1 heterocycles. The lowest BCUT2D eigenvalue weighted by atomic mass is 10.2. The van der Waals surface area contributed by atoms with Crippen molar-refractivity contribution >= 4 is 23.3 Å². The average Bonchev–Trinajstić information content (AvgIpc) is 2.72. The molecule has 100 valence electrons. The van der Waals surface area contributed by atoms with Gasteiger partial charge in [0.05, 0.1) is 11.6 Å². The van der Waals surface area contributed by atoms with Gasteiger partial charge in [0.2, 0.25) is 0 Å². The number of urea groups is 1. The second-order valence-electron chi connectivity index (χ2n) is 3.60. The van der Waals surface area contributed by atoms with Gasteiger partial charge in [-0.05, 0) is 6.92 Å². The van der Waals surface area contributed by atoms with Gasteiger partial charge in [-0.15, -0.1) is 11.3 Å². The molecule has 4 N–H and O–H groups in total. The molecule has 0 unspecified atom stereocenters. The van der Waals surface area contributed by atoms with Crippen molar-refractivity contribution in [1.82, 2.24) is 15.6 Å². The maximum Gasteiger partial charge on any atom is 0.332 e. The average molecular weight is 273 g/mol. The highest BCUT2D eigenvalue weighted by atomic mass is 32.1. The molecule has 0 fully saturated rings. The molecule has 1 rings (SSSR count). The molecule has 7 nitrogen and oxygen atoms in total. The zero-order chi connectivity index (χ0) is 13.5. The van der Waals surface area contributed by atoms with E-state index in [4.69, 9.17) is 10.2 Å². The van der Waals surface area contributed by atoms with E-state index in [0.29, 0.717) is 6.54 Å². The molecule has 2 amide bonds. The Kier molecular flexibility index (Phi) is 5.53. The van der Waals surface area contributed by atoms with E-state index in [9.17, 15) is 9.59 Å². The van der Waals surface area contributed by atoms with Crippen LogP contribution in [0.1, 0.15) is 16.3 Å². The Labute approximate surface area is 108 Å². The summed E-state index contributed by atoms with van der Waals surface area (Å²) in [5.74, 6) is -1.29. The van der Waals surface area contributed by atoms with Crippen molar-refractivity contribution in [3.05, 3.63) is 16.1 Å². The zero-order valence-electron chi connectivity index (χ0n) is 9.84. The van der Waals surface area contributed by atoms with Gasteiger partial charge >= 0.3 is 12.0 Å². The standard InChI is InChI=1S/C10H15N3O4S/c1-6-12-4-7(18-6)5-13-10(17)11-3-2-8(14)9(15)16/h4,8,14H,2-3,5H2,1H3,(H,15,16)(H2,11,13,17)/t8-/m0/s1. The van der Waals surface area contributed by atoms with Crippen LogP contribution in [-0.4, -0.2) is 39.8 Å². The summed E-state index contributed by atoms with van der Waals surface area (Å²) in [7, 11) is 0. The largest absolute Gasteiger partial charge is 0.479 e. The number of amides is 2. The summed E-state index contributed by atoms with van der Waals surface area (Å²) in [6.45, 7) is 2.35. The summed E-state index contributed by atoms with van der Waals surface area (Å²) in [5, 5.41) is 23.4. The number of nitrogens with zero attached hydrogens (tertiary/aromatic N) is 1. The Morgan fingerprint density at radius 2 is 2.22 bits per heavy atom. The van der Waals surface area contributed by atoms with Crippen LogP contribution in [0, 0.1) is 6.92 Å². The van der Waals surface area contributed by atoms with Crippen LogP contribution >= 0.6 is 11.3 Å². The molecule has 0 radical (unpaired) electrons. The summed E-state index contributed by atoms with van der Waals surface area (Å²) in [4.78, 5) is 26.6. The minimum Gasteiger partial charge on any atom is -0.479 e. The van der Waals surface area contributed by atoms with Gasteiger partial charge in [0.15, 0.2) is 6.10 Å². The number of thiazole rings is 1. The van der Waals surface area contributed by atoms with E-state index in [2.05, 4.69) is 15.6 Å². The third-order valence-electron chi connectivity index (χ3n) is 2.08. The molecule has 1 aromatic rings. The number of aliphatic hydroxyl groups excluding tert-OH is 1. The molecule has 1 atom stereocenters. The first-order valence-electron chi connectivity index (χ1n) is 5.33. The Morgan fingerprint density at radius 3 is 2.78 bits per heavy atom. The maximum atomic E-state index is 11.3. The molecule has 0 saturated heterocycles. The number of aliphatic hydroxyl groups is 1. The molecule has 0 aliphatic rings. The first-order valence-corrected chi connectivity index (χ1v) is 6.14. The predicted octanol–water partition coefficient (Wildman–Crippen LogP) is 0.0863. The highest BCUT2D eigenvalue weighted by Crippen LogP contribution is 2.10. The Morgan fingerprint density at radius 1 is 1.50 bits per heavy atom. The fourth-order valence-electron chi connectivity index (χ4n) is 1.16. The van der Waals surface area contributed by atoms with E-state index in [1.165, 1.54) is 11.3 Å². The number of aryl methyl sites for hydroxylation is 1. The topological polar surface area (TPSA) is 112 Å². The summed E-state index contributed by atoms with van der Waals surface area (Å²) in [6, 6.07) is -0.404. The van der Waals surface area contributed by atoms with Crippen molar-refractivity contribution in [3.63, 3.8) is 0 Å². The van der Waals surface area contributed by atoms with E-state index >= 15 is 0 Å². The van der Waals surface area contributed by atoms with Crippen LogP contribution in [0.4, 0.5) is 4.79 Å². The van der Waals surface area contributed by atoms with Gasteiger partial charge in [0, 0.05) is 24.0 Å². The number of carbonyl (C=O) groups is 2. The van der Waals surface area contributed by atoms with E-state index < -0.39 is 18.1 Å². The molecule has 8 heteroatoms. The molecule has 18 heavy (non-hydrogen) atoms. The van der Waals surface area contributed by atoms with Crippen molar-refractivity contribution in [2.24, 2.45) is 0 Å². The molecule has 0 aliphatic carbocycles. The van der Waals surface area contributed by atoms with Crippen LogP contribution in [0.3, 0.4) is 0 Å². The van der Waals surface area contributed by atoms with E-state index in [1.54, 1.807) is 6.20 Å². The number of carbonyl (C=O) groups excluding carboxylic acids is 1. The molecule has 0 aromatic carbocycles. The smallest absolute Gasteiger partial charge is 0.332 e. The number of rotatable bonds is 6. The SMILES string of the molecule is Cc1ncc(CNC(=O)NCC[C@H](O)C(=O)O)s1. The lowest BCUT2D eigenvalue weighted by molar-refractivity contribution is -0.146. The number of hydrogen-bond donors (Lipinski definition) is 4. The van der Waals surface area contributed by atoms with Crippen LogP contribution in [0.2, 0.25) is 0 Å². The lowest BCUT2D eigenvalue weighted by Crippen LogP contribution is -2.37. The molecule has 0 spiro atoms. The van der Waals surface area contributed by atoms with E-state index in [1.807, 2.05) is 6.92 Å². The first-order chi connectivity index (χ1) is 8.49. The third kappa shape index (κ3) is 5.11.